The van der Waals surface area contributed by atoms with Crippen molar-refractivity contribution in [3.63, 3.8) is 0 Å². The molecule has 1 aliphatic rings. The lowest BCUT2D eigenvalue weighted by molar-refractivity contribution is -0.122. The molecule has 1 N–H and O–H groups in total. The number of nitrogens with zero attached hydrogens (tertiary/aromatic N) is 2. The Morgan fingerprint density at radius 2 is 1.83 bits per heavy atom. The van der Waals surface area contributed by atoms with Crippen LogP contribution >= 0.6 is 0 Å². The number of halogens is 2. The van der Waals surface area contributed by atoms with Gasteiger partial charge in [0.25, 0.3) is 0 Å². The molecule has 1 aliphatic heterocycles. The molecule has 2 rings (SSSR count). The highest BCUT2D eigenvalue weighted by molar-refractivity contribution is 7.89. The zero-order chi connectivity index (χ0) is 17.7. The summed E-state index contributed by atoms with van der Waals surface area (Å²) in [6.45, 7) is 4.00. The third-order valence-electron chi connectivity index (χ3n) is 3.80. The maximum Gasteiger partial charge on any atom is 0.243 e. The van der Waals surface area contributed by atoms with Crippen molar-refractivity contribution in [1.29, 1.82) is 0 Å². The summed E-state index contributed by atoms with van der Waals surface area (Å²) in [5.74, 6) is -2.37. The fourth-order valence-electron chi connectivity index (χ4n) is 2.44. The highest BCUT2D eigenvalue weighted by atomic mass is 32.2. The number of rotatable bonds is 6. The number of sulfonamides is 1. The third-order valence-corrected chi connectivity index (χ3v) is 5.69. The van der Waals surface area contributed by atoms with Crippen molar-refractivity contribution in [3.8, 4) is 0 Å². The second-order valence-corrected chi connectivity index (χ2v) is 7.54. The van der Waals surface area contributed by atoms with E-state index >= 15 is 0 Å². The minimum absolute atomic E-state index is 0.0891. The number of hydrogen-bond donors (Lipinski definition) is 1. The summed E-state index contributed by atoms with van der Waals surface area (Å²) >= 11 is 0. The molecule has 0 unspecified atom stereocenters. The van der Waals surface area contributed by atoms with Gasteiger partial charge >= 0.3 is 0 Å². The van der Waals surface area contributed by atoms with Gasteiger partial charge in [-0.1, -0.05) is 6.92 Å². The Bertz CT molecular complexity index is 689. The molecule has 1 heterocycles. The smallest absolute Gasteiger partial charge is 0.243 e. The molecule has 1 saturated heterocycles. The van der Waals surface area contributed by atoms with Gasteiger partial charge in [-0.05, 0) is 24.6 Å². The lowest BCUT2D eigenvalue weighted by Gasteiger charge is -2.33. The van der Waals surface area contributed by atoms with Crippen LogP contribution in [0.25, 0.3) is 0 Å². The maximum atomic E-state index is 13.3. The number of benzene rings is 1. The van der Waals surface area contributed by atoms with E-state index < -0.39 is 21.7 Å². The Morgan fingerprint density at radius 3 is 2.42 bits per heavy atom. The number of carbonyl (C=O) groups excluding carboxylic acids is 1. The topological polar surface area (TPSA) is 69.7 Å². The predicted octanol–water partition coefficient (Wildman–Crippen LogP) is 0.797. The van der Waals surface area contributed by atoms with Crippen molar-refractivity contribution in [2.45, 2.75) is 18.2 Å². The summed E-state index contributed by atoms with van der Waals surface area (Å²) < 4.78 is 52.4. The molecule has 1 amide bonds. The van der Waals surface area contributed by atoms with E-state index in [1.165, 1.54) is 4.31 Å². The van der Waals surface area contributed by atoms with Crippen LogP contribution in [0.5, 0.6) is 0 Å². The molecule has 6 nitrogen and oxygen atoms in total. The summed E-state index contributed by atoms with van der Waals surface area (Å²) in [6.07, 6.45) is 0.853. The number of carbonyl (C=O) groups is 1. The van der Waals surface area contributed by atoms with Crippen molar-refractivity contribution in [1.82, 2.24) is 14.5 Å². The van der Waals surface area contributed by atoms with Gasteiger partial charge in [-0.2, -0.15) is 4.31 Å². The molecule has 9 heteroatoms. The van der Waals surface area contributed by atoms with Gasteiger partial charge in [0.15, 0.2) is 11.6 Å². The Morgan fingerprint density at radius 1 is 1.17 bits per heavy atom. The minimum Gasteiger partial charge on any atom is -0.355 e. The van der Waals surface area contributed by atoms with Crippen LogP contribution in [-0.2, 0) is 14.8 Å². The molecule has 1 aromatic carbocycles. The van der Waals surface area contributed by atoms with Crippen molar-refractivity contribution in [2.75, 3.05) is 39.3 Å². The molecule has 0 atom stereocenters. The molecular formula is C15H21F2N3O3S. The summed E-state index contributed by atoms with van der Waals surface area (Å²) in [5, 5.41) is 2.77. The zero-order valence-corrected chi connectivity index (χ0v) is 14.3. The van der Waals surface area contributed by atoms with Crippen LogP contribution in [0.15, 0.2) is 23.1 Å². The predicted molar refractivity (Wildman–Crippen MR) is 84.9 cm³/mol. The first-order chi connectivity index (χ1) is 11.3. The van der Waals surface area contributed by atoms with Crippen molar-refractivity contribution >= 4 is 15.9 Å². The summed E-state index contributed by atoms with van der Waals surface area (Å²) in [4.78, 5) is 13.3. The molecule has 0 radical (unpaired) electrons. The van der Waals surface area contributed by atoms with E-state index in [0.717, 1.165) is 18.6 Å². The Balaban J connectivity index is 1.95. The number of nitrogens with one attached hydrogen (secondary N) is 1. The fraction of sp³-hybridized carbons (Fsp3) is 0.533. The summed E-state index contributed by atoms with van der Waals surface area (Å²) in [7, 11) is -3.87. The third kappa shape index (κ3) is 4.49. The molecule has 0 aromatic heterocycles. The highest BCUT2D eigenvalue weighted by Gasteiger charge is 2.29. The van der Waals surface area contributed by atoms with Crippen LogP contribution in [0.3, 0.4) is 0 Å². The first-order valence-corrected chi connectivity index (χ1v) is 9.23. The normalized spacial score (nSPS) is 17.0. The molecule has 0 spiro atoms. The first kappa shape index (κ1) is 18.8. The van der Waals surface area contributed by atoms with Gasteiger partial charge < -0.3 is 5.32 Å². The lowest BCUT2D eigenvalue weighted by Crippen LogP contribution is -2.51. The lowest BCUT2D eigenvalue weighted by atomic mass is 10.3. The molecule has 24 heavy (non-hydrogen) atoms. The maximum absolute atomic E-state index is 13.3. The van der Waals surface area contributed by atoms with E-state index in [2.05, 4.69) is 5.32 Å². The van der Waals surface area contributed by atoms with E-state index in [0.29, 0.717) is 25.7 Å². The van der Waals surface area contributed by atoms with Crippen molar-refractivity contribution in [3.05, 3.63) is 29.8 Å². The van der Waals surface area contributed by atoms with Gasteiger partial charge in [0.1, 0.15) is 0 Å². The van der Waals surface area contributed by atoms with Gasteiger partial charge in [0, 0.05) is 32.7 Å². The average molecular weight is 361 g/mol. The van der Waals surface area contributed by atoms with E-state index in [9.17, 15) is 22.0 Å². The van der Waals surface area contributed by atoms with Crippen LogP contribution in [0.1, 0.15) is 13.3 Å². The van der Waals surface area contributed by atoms with Gasteiger partial charge in [0.2, 0.25) is 15.9 Å². The van der Waals surface area contributed by atoms with Gasteiger partial charge in [-0.15, -0.1) is 0 Å². The van der Waals surface area contributed by atoms with Crippen LogP contribution in [0.2, 0.25) is 0 Å². The molecule has 1 aromatic rings. The summed E-state index contributed by atoms with van der Waals surface area (Å²) in [5.41, 5.74) is 0. The zero-order valence-electron chi connectivity index (χ0n) is 13.5. The van der Waals surface area contributed by atoms with Crippen molar-refractivity contribution < 1.29 is 22.0 Å². The van der Waals surface area contributed by atoms with Gasteiger partial charge in [0.05, 0.1) is 11.4 Å². The first-order valence-electron chi connectivity index (χ1n) is 7.79. The highest BCUT2D eigenvalue weighted by Crippen LogP contribution is 2.19. The van der Waals surface area contributed by atoms with E-state index in [4.69, 9.17) is 0 Å². The molecular weight excluding hydrogens is 340 g/mol. The molecule has 0 bridgehead atoms. The Kier molecular flexibility index (Phi) is 6.25. The summed E-state index contributed by atoms with van der Waals surface area (Å²) in [6, 6.07) is 2.55. The monoisotopic (exact) mass is 361 g/mol. The van der Waals surface area contributed by atoms with E-state index in [1.54, 1.807) is 0 Å². The largest absolute Gasteiger partial charge is 0.355 e. The molecule has 0 saturated carbocycles. The fourth-order valence-corrected chi connectivity index (χ4v) is 3.87. The van der Waals surface area contributed by atoms with E-state index in [-0.39, 0.29) is 30.4 Å². The molecule has 0 aliphatic carbocycles. The minimum atomic E-state index is -3.87. The SMILES string of the molecule is CCCNC(=O)CN1CCN(S(=O)(=O)c2ccc(F)c(F)c2)CC1. The van der Waals surface area contributed by atoms with Crippen molar-refractivity contribution in [2.24, 2.45) is 0 Å². The number of amides is 1. The number of piperazine rings is 1. The Labute approximate surface area is 140 Å². The van der Waals surface area contributed by atoms with Crippen LogP contribution < -0.4 is 5.32 Å². The molecule has 1 fully saturated rings. The van der Waals surface area contributed by atoms with Crippen LogP contribution in [0, 0.1) is 11.6 Å². The number of hydrogen-bond acceptors (Lipinski definition) is 4. The van der Waals surface area contributed by atoms with Crippen LogP contribution in [-0.4, -0.2) is 62.8 Å². The van der Waals surface area contributed by atoms with Gasteiger partial charge in [-0.25, -0.2) is 17.2 Å². The second kappa shape index (κ2) is 8.00. The Hall–Kier alpha value is -1.58. The van der Waals surface area contributed by atoms with Crippen LogP contribution in [0.4, 0.5) is 8.78 Å². The van der Waals surface area contributed by atoms with E-state index in [1.807, 2.05) is 11.8 Å². The second-order valence-electron chi connectivity index (χ2n) is 5.61. The quantitative estimate of drug-likeness (QED) is 0.814. The standard InChI is InChI=1S/C15H21F2N3O3S/c1-2-5-18-15(21)11-19-6-8-20(9-7-19)24(22,23)12-3-4-13(16)14(17)10-12/h3-4,10H,2,5-9,11H2,1H3,(H,18,21). The van der Waals surface area contributed by atoms with Gasteiger partial charge in [-0.3, -0.25) is 9.69 Å². The average Bonchev–Trinajstić information content (AvgIpc) is 2.56. The molecule has 134 valence electrons.